The number of methoxy groups -OCH3 is 1. The van der Waals surface area contributed by atoms with Crippen molar-refractivity contribution >= 4 is 21.6 Å². The number of hydrogen-bond acceptors (Lipinski definition) is 4. The number of anilines is 1. The first-order valence-electron chi connectivity index (χ1n) is 9.62. The number of benzene rings is 2. The second-order valence-electron chi connectivity index (χ2n) is 7.00. The highest BCUT2D eigenvalue weighted by atomic mass is 32.2. The summed E-state index contributed by atoms with van der Waals surface area (Å²) in [5.41, 5.74) is 1.16. The Bertz CT molecular complexity index is 955. The lowest BCUT2D eigenvalue weighted by molar-refractivity contribution is -0.116. The van der Waals surface area contributed by atoms with Gasteiger partial charge in [-0.1, -0.05) is 18.6 Å². The highest BCUT2D eigenvalue weighted by Gasteiger charge is 2.27. The summed E-state index contributed by atoms with van der Waals surface area (Å²) in [6, 6.07) is 10.5. The summed E-state index contributed by atoms with van der Waals surface area (Å²) in [6.45, 7) is 1.02. The van der Waals surface area contributed by atoms with Crippen LogP contribution in [0, 0.1) is 5.82 Å². The molecule has 1 aliphatic heterocycles. The number of carbonyl (C=O) groups is 1. The van der Waals surface area contributed by atoms with Crippen molar-refractivity contribution in [1.82, 2.24) is 4.31 Å². The van der Waals surface area contributed by atoms with E-state index in [1.165, 1.54) is 35.7 Å². The molecule has 0 saturated carbocycles. The predicted octanol–water partition coefficient (Wildman–Crippen LogP) is 3.58. The summed E-state index contributed by atoms with van der Waals surface area (Å²) in [6.07, 6.45) is 3.35. The van der Waals surface area contributed by atoms with Crippen LogP contribution in [0.5, 0.6) is 5.75 Å². The summed E-state index contributed by atoms with van der Waals surface area (Å²) in [5, 5.41) is 2.74. The van der Waals surface area contributed by atoms with Crippen LogP contribution in [0.25, 0.3) is 0 Å². The number of ether oxygens (including phenoxy) is 1. The number of aryl methyl sites for hydroxylation is 1. The lowest BCUT2D eigenvalue weighted by atomic mass is 10.1. The molecule has 1 heterocycles. The SMILES string of the molecule is COc1ccc(S(=O)(=O)N2CCCCC2)cc1NC(=O)CCc1ccc(F)cc1. The predicted molar refractivity (Wildman–Crippen MR) is 109 cm³/mol. The molecule has 0 unspecified atom stereocenters. The maximum Gasteiger partial charge on any atom is 0.243 e. The fourth-order valence-electron chi connectivity index (χ4n) is 3.32. The molecule has 0 radical (unpaired) electrons. The van der Waals surface area contributed by atoms with Crippen LogP contribution in [0.3, 0.4) is 0 Å². The minimum absolute atomic E-state index is 0.133. The smallest absolute Gasteiger partial charge is 0.243 e. The molecule has 156 valence electrons. The number of amides is 1. The second-order valence-corrected chi connectivity index (χ2v) is 8.94. The van der Waals surface area contributed by atoms with Crippen LogP contribution in [0.1, 0.15) is 31.2 Å². The molecule has 8 heteroatoms. The standard InChI is InChI=1S/C21H25FN2O4S/c1-28-20-11-10-18(29(26,27)24-13-3-2-4-14-24)15-19(20)23-21(25)12-7-16-5-8-17(22)9-6-16/h5-6,8-11,15H,2-4,7,12-14H2,1H3,(H,23,25). The average Bonchev–Trinajstić information content (AvgIpc) is 2.74. The normalized spacial score (nSPS) is 15.1. The zero-order chi connectivity index (χ0) is 20.9. The van der Waals surface area contributed by atoms with Crippen molar-refractivity contribution in [2.24, 2.45) is 0 Å². The van der Waals surface area contributed by atoms with Crippen molar-refractivity contribution in [3.05, 3.63) is 53.8 Å². The molecule has 3 rings (SSSR count). The van der Waals surface area contributed by atoms with E-state index < -0.39 is 10.0 Å². The maximum atomic E-state index is 13.0. The van der Waals surface area contributed by atoms with Gasteiger partial charge < -0.3 is 10.1 Å². The van der Waals surface area contributed by atoms with Crippen LogP contribution in [-0.2, 0) is 21.2 Å². The van der Waals surface area contributed by atoms with E-state index in [1.807, 2.05) is 0 Å². The first-order valence-corrected chi connectivity index (χ1v) is 11.1. The molecule has 1 fully saturated rings. The molecule has 2 aromatic rings. The monoisotopic (exact) mass is 420 g/mol. The summed E-state index contributed by atoms with van der Waals surface area (Å²) in [5.74, 6) is -0.215. The van der Waals surface area contributed by atoms with Gasteiger partial charge in [0.1, 0.15) is 11.6 Å². The van der Waals surface area contributed by atoms with Gasteiger partial charge in [0, 0.05) is 19.5 Å². The Morgan fingerprint density at radius 1 is 1.10 bits per heavy atom. The van der Waals surface area contributed by atoms with Gasteiger partial charge in [0.15, 0.2) is 0 Å². The van der Waals surface area contributed by atoms with Gasteiger partial charge in [-0.15, -0.1) is 0 Å². The van der Waals surface area contributed by atoms with Crippen LogP contribution >= 0.6 is 0 Å². The number of sulfonamides is 1. The van der Waals surface area contributed by atoms with Crippen LogP contribution in [-0.4, -0.2) is 38.8 Å². The fraction of sp³-hybridized carbons (Fsp3) is 0.381. The van der Waals surface area contributed by atoms with E-state index >= 15 is 0 Å². The molecule has 2 aromatic carbocycles. The van der Waals surface area contributed by atoms with Crippen molar-refractivity contribution in [3.8, 4) is 5.75 Å². The second kappa shape index (κ2) is 9.37. The van der Waals surface area contributed by atoms with Gasteiger partial charge in [-0.3, -0.25) is 4.79 Å². The van der Waals surface area contributed by atoms with E-state index in [2.05, 4.69) is 5.32 Å². The highest BCUT2D eigenvalue weighted by molar-refractivity contribution is 7.89. The van der Waals surface area contributed by atoms with E-state index in [4.69, 9.17) is 4.74 Å². The van der Waals surface area contributed by atoms with Gasteiger partial charge in [0.25, 0.3) is 0 Å². The van der Waals surface area contributed by atoms with E-state index in [1.54, 1.807) is 18.2 Å². The zero-order valence-electron chi connectivity index (χ0n) is 16.4. The Labute approximate surface area is 170 Å². The van der Waals surface area contributed by atoms with Crippen LogP contribution in [0.2, 0.25) is 0 Å². The van der Waals surface area contributed by atoms with Crippen LogP contribution in [0.4, 0.5) is 10.1 Å². The molecule has 1 aliphatic rings. The molecule has 0 bridgehead atoms. The molecule has 1 N–H and O–H groups in total. The highest BCUT2D eigenvalue weighted by Crippen LogP contribution is 2.30. The lowest BCUT2D eigenvalue weighted by Crippen LogP contribution is -2.35. The molecule has 0 spiro atoms. The number of piperidine rings is 1. The molecular formula is C21H25FN2O4S. The molecule has 0 aliphatic carbocycles. The number of rotatable bonds is 7. The third kappa shape index (κ3) is 5.33. The largest absolute Gasteiger partial charge is 0.495 e. The summed E-state index contributed by atoms with van der Waals surface area (Å²) in [7, 11) is -2.15. The lowest BCUT2D eigenvalue weighted by Gasteiger charge is -2.26. The van der Waals surface area contributed by atoms with Crippen molar-refractivity contribution in [2.75, 3.05) is 25.5 Å². The molecule has 6 nitrogen and oxygen atoms in total. The van der Waals surface area contributed by atoms with Crippen molar-refractivity contribution < 1.29 is 22.3 Å². The number of hydrogen-bond donors (Lipinski definition) is 1. The summed E-state index contributed by atoms with van der Waals surface area (Å²) >= 11 is 0. The zero-order valence-corrected chi connectivity index (χ0v) is 17.2. The topological polar surface area (TPSA) is 75.7 Å². The molecule has 0 atom stereocenters. The molecule has 0 aromatic heterocycles. The Balaban J connectivity index is 1.72. The quantitative estimate of drug-likeness (QED) is 0.743. The first kappa shape index (κ1) is 21.3. The van der Waals surface area contributed by atoms with E-state index in [-0.39, 0.29) is 23.0 Å². The summed E-state index contributed by atoms with van der Waals surface area (Å²) < 4.78 is 45.5. The van der Waals surface area contributed by atoms with E-state index in [0.717, 1.165) is 24.8 Å². The van der Waals surface area contributed by atoms with Gasteiger partial charge >= 0.3 is 0 Å². The number of halogens is 1. The first-order chi connectivity index (χ1) is 13.9. The average molecular weight is 421 g/mol. The van der Waals surface area contributed by atoms with Gasteiger partial charge in [-0.2, -0.15) is 4.31 Å². The Morgan fingerprint density at radius 3 is 2.45 bits per heavy atom. The Morgan fingerprint density at radius 2 is 1.79 bits per heavy atom. The van der Waals surface area contributed by atoms with Crippen molar-refractivity contribution in [1.29, 1.82) is 0 Å². The molecule has 29 heavy (non-hydrogen) atoms. The molecule has 1 amide bonds. The minimum atomic E-state index is -3.61. The van der Waals surface area contributed by atoms with Gasteiger partial charge in [-0.05, 0) is 55.2 Å². The van der Waals surface area contributed by atoms with Gasteiger partial charge in [0.2, 0.25) is 15.9 Å². The van der Waals surface area contributed by atoms with Crippen molar-refractivity contribution in [2.45, 2.75) is 37.0 Å². The minimum Gasteiger partial charge on any atom is -0.495 e. The fourth-order valence-corrected chi connectivity index (χ4v) is 4.87. The van der Waals surface area contributed by atoms with Gasteiger partial charge in [-0.25, -0.2) is 12.8 Å². The Hall–Kier alpha value is -2.45. The van der Waals surface area contributed by atoms with E-state index in [9.17, 15) is 17.6 Å². The number of nitrogens with one attached hydrogen (secondary N) is 1. The van der Waals surface area contributed by atoms with Crippen molar-refractivity contribution in [3.63, 3.8) is 0 Å². The third-order valence-corrected chi connectivity index (χ3v) is 6.85. The van der Waals surface area contributed by atoms with Crippen LogP contribution in [0.15, 0.2) is 47.4 Å². The Kier molecular flexibility index (Phi) is 6.87. The molecule has 1 saturated heterocycles. The number of nitrogens with zero attached hydrogens (tertiary/aromatic N) is 1. The maximum absolute atomic E-state index is 13.0. The van der Waals surface area contributed by atoms with Gasteiger partial charge in [0.05, 0.1) is 17.7 Å². The molecular weight excluding hydrogens is 395 g/mol. The summed E-state index contributed by atoms with van der Waals surface area (Å²) in [4.78, 5) is 12.5. The number of carbonyl (C=O) groups excluding carboxylic acids is 1. The van der Waals surface area contributed by atoms with E-state index in [0.29, 0.717) is 30.9 Å². The third-order valence-electron chi connectivity index (χ3n) is 4.95. The van der Waals surface area contributed by atoms with Crippen LogP contribution < -0.4 is 10.1 Å².